The predicted octanol–water partition coefficient (Wildman–Crippen LogP) is 1.67. The van der Waals surface area contributed by atoms with Crippen molar-refractivity contribution in [1.82, 2.24) is 4.90 Å². The van der Waals surface area contributed by atoms with Crippen molar-refractivity contribution in [2.75, 3.05) is 32.5 Å². The average Bonchev–Trinajstić information content (AvgIpc) is 2.46. The van der Waals surface area contributed by atoms with E-state index in [4.69, 9.17) is 15.2 Å². The molecule has 0 aliphatic carbocycles. The summed E-state index contributed by atoms with van der Waals surface area (Å²) in [6.07, 6.45) is 3.36. The van der Waals surface area contributed by atoms with Crippen LogP contribution >= 0.6 is 0 Å². The van der Waals surface area contributed by atoms with Gasteiger partial charge < -0.3 is 20.1 Å². The summed E-state index contributed by atoms with van der Waals surface area (Å²) in [5, 5.41) is 0. The highest BCUT2D eigenvalue weighted by Gasteiger charge is 2.17. The van der Waals surface area contributed by atoms with E-state index < -0.39 is 0 Å². The maximum Gasteiger partial charge on any atom is 0.260 e. The normalized spacial score (nSPS) is 15.1. The zero-order valence-corrected chi connectivity index (χ0v) is 11.2. The third-order valence-corrected chi connectivity index (χ3v) is 3.28. The molecule has 104 valence electrons. The molecule has 0 aromatic heterocycles. The first-order valence-corrected chi connectivity index (χ1v) is 6.55. The van der Waals surface area contributed by atoms with E-state index in [1.54, 1.807) is 25.3 Å². The average molecular weight is 264 g/mol. The van der Waals surface area contributed by atoms with Crippen LogP contribution in [0.25, 0.3) is 0 Å². The zero-order valence-electron chi connectivity index (χ0n) is 11.2. The Hall–Kier alpha value is -1.91. The van der Waals surface area contributed by atoms with Gasteiger partial charge in [0.05, 0.1) is 12.8 Å². The van der Waals surface area contributed by atoms with Gasteiger partial charge in [-0.1, -0.05) is 0 Å². The first kappa shape index (κ1) is 13.5. The Kier molecular flexibility index (Phi) is 4.49. The first-order valence-electron chi connectivity index (χ1n) is 6.55. The van der Waals surface area contributed by atoms with Crippen LogP contribution in [0.4, 0.5) is 5.69 Å². The number of likely N-dealkylation sites (tertiary alicyclic amines) is 1. The van der Waals surface area contributed by atoms with Gasteiger partial charge in [-0.05, 0) is 31.4 Å². The molecule has 5 heteroatoms. The number of anilines is 1. The summed E-state index contributed by atoms with van der Waals surface area (Å²) < 4.78 is 10.5. The van der Waals surface area contributed by atoms with Gasteiger partial charge in [0.15, 0.2) is 6.61 Å². The second-order valence-electron chi connectivity index (χ2n) is 4.63. The van der Waals surface area contributed by atoms with Gasteiger partial charge in [-0.15, -0.1) is 0 Å². The van der Waals surface area contributed by atoms with Crippen molar-refractivity contribution in [3.8, 4) is 11.5 Å². The monoisotopic (exact) mass is 264 g/mol. The number of nitrogen functional groups attached to an aromatic ring is 1. The van der Waals surface area contributed by atoms with Crippen LogP contribution in [0.3, 0.4) is 0 Å². The quantitative estimate of drug-likeness (QED) is 0.840. The van der Waals surface area contributed by atoms with Crippen molar-refractivity contribution in [2.24, 2.45) is 0 Å². The number of hydrogen-bond acceptors (Lipinski definition) is 4. The summed E-state index contributed by atoms with van der Waals surface area (Å²) in [6, 6.07) is 5.16. The Balaban J connectivity index is 1.89. The highest BCUT2D eigenvalue weighted by molar-refractivity contribution is 5.78. The minimum absolute atomic E-state index is 0.0231. The molecule has 0 radical (unpaired) electrons. The Morgan fingerprint density at radius 1 is 1.32 bits per heavy atom. The molecular formula is C14H20N2O3. The number of rotatable bonds is 4. The number of methoxy groups -OCH3 is 1. The third kappa shape index (κ3) is 3.53. The first-order chi connectivity index (χ1) is 9.20. The molecule has 2 N–H and O–H groups in total. The van der Waals surface area contributed by atoms with Gasteiger partial charge in [-0.3, -0.25) is 4.79 Å². The number of amides is 1. The van der Waals surface area contributed by atoms with E-state index in [2.05, 4.69) is 0 Å². The van der Waals surface area contributed by atoms with E-state index in [-0.39, 0.29) is 12.5 Å². The van der Waals surface area contributed by atoms with E-state index in [0.29, 0.717) is 17.2 Å². The Morgan fingerprint density at radius 2 is 2.05 bits per heavy atom. The maximum atomic E-state index is 11.9. The third-order valence-electron chi connectivity index (χ3n) is 3.28. The van der Waals surface area contributed by atoms with Crippen LogP contribution < -0.4 is 15.2 Å². The topological polar surface area (TPSA) is 64.8 Å². The van der Waals surface area contributed by atoms with E-state index in [1.807, 2.05) is 4.90 Å². The second-order valence-corrected chi connectivity index (χ2v) is 4.63. The Labute approximate surface area is 113 Å². The molecule has 1 aliphatic heterocycles. The van der Waals surface area contributed by atoms with Crippen LogP contribution in [0.2, 0.25) is 0 Å². The molecule has 1 aromatic carbocycles. The summed E-state index contributed by atoms with van der Waals surface area (Å²) >= 11 is 0. The van der Waals surface area contributed by atoms with E-state index in [9.17, 15) is 4.79 Å². The second kappa shape index (κ2) is 6.31. The van der Waals surface area contributed by atoms with E-state index in [0.717, 1.165) is 25.9 Å². The minimum Gasteiger partial charge on any atom is -0.497 e. The Bertz CT molecular complexity index is 442. The van der Waals surface area contributed by atoms with Gasteiger partial charge in [0.1, 0.15) is 11.5 Å². The molecule has 0 spiro atoms. The molecule has 1 saturated heterocycles. The number of nitrogens with zero attached hydrogens (tertiary/aromatic N) is 1. The highest BCUT2D eigenvalue weighted by Crippen LogP contribution is 2.26. The van der Waals surface area contributed by atoms with Crippen molar-refractivity contribution >= 4 is 11.6 Å². The molecule has 1 aliphatic rings. The number of carbonyl (C=O) groups excluding carboxylic acids is 1. The maximum absolute atomic E-state index is 11.9. The molecule has 2 rings (SSSR count). The van der Waals surface area contributed by atoms with Crippen LogP contribution in [0.1, 0.15) is 19.3 Å². The molecule has 0 saturated carbocycles. The van der Waals surface area contributed by atoms with Crippen LogP contribution in [-0.2, 0) is 4.79 Å². The lowest BCUT2D eigenvalue weighted by Gasteiger charge is -2.26. The van der Waals surface area contributed by atoms with Crippen molar-refractivity contribution in [1.29, 1.82) is 0 Å². The smallest absolute Gasteiger partial charge is 0.260 e. The molecule has 0 unspecified atom stereocenters. The molecular weight excluding hydrogens is 244 g/mol. The van der Waals surface area contributed by atoms with Gasteiger partial charge in [0.25, 0.3) is 5.91 Å². The van der Waals surface area contributed by atoms with Crippen LogP contribution in [0.5, 0.6) is 11.5 Å². The summed E-state index contributed by atoms with van der Waals surface area (Å²) in [5.41, 5.74) is 6.31. The largest absolute Gasteiger partial charge is 0.497 e. The number of nitrogens with two attached hydrogens (primary N) is 1. The van der Waals surface area contributed by atoms with Gasteiger partial charge in [-0.2, -0.15) is 0 Å². The lowest BCUT2D eigenvalue weighted by molar-refractivity contribution is -0.134. The standard InChI is InChI=1S/C14H20N2O3/c1-18-11-5-6-13(12(15)9-11)19-10-14(17)16-7-3-2-4-8-16/h5-6,9H,2-4,7-8,10,15H2,1H3. The van der Waals surface area contributed by atoms with Crippen LogP contribution in [0.15, 0.2) is 18.2 Å². The molecule has 1 aromatic rings. The van der Waals surface area contributed by atoms with Gasteiger partial charge >= 0.3 is 0 Å². The fourth-order valence-corrected chi connectivity index (χ4v) is 2.16. The van der Waals surface area contributed by atoms with Crippen LogP contribution in [0, 0.1) is 0 Å². The molecule has 5 nitrogen and oxygen atoms in total. The zero-order chi connectivity index (χ0) is 13.7. The SMILES string of the molecule is COc1ccc(OCC(=O)N2CCCCC2)c(N)c1. The number of ether oxygens (including phenoxy) is 2. The molecule has 1 fully saturated rings. The van der Waals surface area contributed by atoms with Crippen molar-refractivity contribution < 1.29 is 14.3 Å². The number of carbonyl (C=O) groups is 1. The summed E-state index contributed by atoms with van der Waals surface area (Å²) in [6.45, 7) is 1.71. The number of piperidine rings is 1. The summed E-state index contributed by atoms with van der Waals surface area (Å²) in [4.78, 5) is 13.8. The predicted molar refractivity (Wildman–Crippen MR) is 73.3 cm³/mol. The lowest BCUT2D eigenvalue weighted by atomic mass is 10.1. The molecule has 0 atom stereocenters. The molecule has 1 amide bonds. The van der Waals surface area contributed by atoms with Gasteiger partial charge in [0.2, 0.25) is 0 Å². The molecule has 1 heterocycles. The summed E-state index contributed by atoms with van der Waals surface area (Å²) in [7, 11) is 1.58. The van der Waals surface area contributed by atoms with Crippen LogP contribution in [-0.4, -0.2) is 37.6 Å². The Morgan fingerprint density at radius 3 is 2.68 bits per heavy atom. The van der Waals surface area contributed by atoms with E-state index in [1.165, 1.54) is 6.42 Å². The molecule has 0 bridgehead atoms. The van der Waals surface area contributed by atoms with Crippen molar-refractivity contribution in [3.63, 3.8) is 0 Å². The summed E-state index contributed by atoms with van der Waals surface area (Å²) in [5.74, 6) is 1.22. The fraction of sp³-hybridized carbons (Fsp3) is 0.500. The van der Waals surface area contributed by atoms with Crippen molar-refractivity contribution in [3.05, 3.63) is 18.2 Å². The number of benzene rings is 1. The van der Waals surface area contributed by atoms with Gasteiger partial charge in [0, 0.05) is 19.2 Å². The number of hydrogen-bond donors (Lipinski definition) is 1. The van der Waals surface area contributed by atoms with E-state index >= 15 is 0 Å². The molecule has 19 heavy (non-hydrogen) atoms. The highest BCUT2D eigenvalue weighted by atomic mass is 16.5. The van der Waals surface area contributed by atoms with Crippen molar-refractivity contribution in [2.45, 2.75) is 19.3 Å². The lowest BCUT2D eigenvalue weighted by Crippen LogP contribution is -2.38. The minimum atomic E-state index is 0.0231. The fourth-order valence-electron chi connectivity index (χ4n) is 2.16. The van der Waals surface area contributed by atoms with Gasteiger partial charge in [-0.25, -0.2) is 0 Å².